The van der Waals surface area contributed by atoms with Crippen molar-refractivity contribution in [1.82, 2.24) is 0 Å². The summed E-state index contributed by atoms with van der Waals surface area (Å²) in [5.41, 5.74) is 1.79. The Labute approximate surface area is 78.8 Å². The third-order valence-electron chi connectivity index (χ3n) is 2.19. The number of aliphatic hydroxyl groups excluding tert-OH is 2. The van der Waals surface area contributed by atoms with Crippen LogP contribution in [0.4, 0.5) is 0 Å². The van der Waals surface area contributed by atoms with Crippen LogP contribution in [0.3, 0.4) is 0 Å². The van der Waals surface area contributed by atoms with Crippen LogP contribution in [0.15, 0.2) is 24.3 Å². The molecule has 0 heterocycles. The van der Waals surface area contributed by atoms with E-state index in [1.165, 1.54) is 0 Å². The molecule has 0 radical (unpaired) electrons. The lowest BCUT2D eigenvalue weighted by molar-refractivity contribution is 0.173. The summed E-state index contributed by atoms with van der Waals surface area (Å²) >= 11 is 0. The summed E-state index contributed by atoms with van der Waals surface area (Å²) in [6.45, 7) is 3.67. The van der Waals surface area contributed by atoms with Crippen LogP contribution in [-0.2, 0) is 0 Å². The van der Waals surface area contributed by atoms with Gasteiger partial charge in [-0.05, 0) is 24.5 Å². The molecular formula is C11H16O2. The predicted octanol–water partition coefficient (Wildman–Crippen LogP) is 2.18. The van der Waals surface area contributed by atoms with Gasteiger partial charge in [0, 0.05) is 0 Å². The van der Waals surface area contributed by atoms with Gasteiger partial charge in [0.25, 0.3) is 0 Å². The first-order chi connectivity index (χ1) is 6.15. The predicted molar refractivity (Wildman–Crippen MR) is 52.3 cm³/mol. The Morgan fingerprint density at radius 2 is 1.54 bits per heavy atom. The summed E-state index contributed by atoms with van der Waals surface area (Å²) < 4.78 is 0. The third-order valence-corrected chi connectivity index (χ3v) is 2.19. The zero-order valence-corrected chi connectivity index (χ0v) is 8.07. The molecular weight excluding hydrogens is 164 g/mol. The van der Waals surface area contributed by atoms with Gasteiger partial charge < -0.3 is 10.2 Å². The van der Waals surface area contributed by atoms with Gasteiger partial charge in [0.2, 0.25) is 0 Å². The number of hydrogen-bond donors (Lipinski definition) is 2. The highest BCUT2D eigenvalue weighted by molar-refractivity contribution is 5.25. The van der Waals surface area contributed by atoms with Gasteiger partial charge in [-0.25, -0.2) is 0 Å². The number of hydrogen-bond acceptors (Lipinski definition) is 2. The molecule has 0 amide bonds. The lowest BCUT2D eigenvalue weighted by Gasteiger charge is -2.09. The number of rotatable bonds is 3. The molecule has 0 saturated heterocycles. The molecule has 0 aromatic heterocycles. The summed E-state index contributed by atoms with van der Waals surface area (Å²) in [5, 5.41) is 18.7. The first-order valence-corrected chi connectivity index (χ1v) is 4.61. The Morgan fingerprint density at radius 3 is 1.92 bits per heavy atom. The van der Waals surface area contributed by atoms with E-state index in [1.807, 2.05) is 31.2 Å². The van der Waals surface area contributed by atoms with Crippen LogP contribution in [0.1, 0.15) is 43.6 Å². The van der Waals surface area contributed by atoms with E-state index in [-0.39, 0.29) is 6.10 Å². The average Bonchev–Trinajstić information content (AvgIpc) is 2.17. The van der Waals surface area contributed by atoms with Crippen LogP contribution in [0.2, 0.25) is 0 Å². The van der Waals surface area contributed by atoms with E-state index in [0.717, 1.165) is 11.1 Å². The monoisotopic (exact) mass is 180 g/mol. The van der Waals surface area contributed by atoms with Crippen molar-refractivity contribution in [2.45, 2.75) is 32.5 Å². The van der Waals surface area contributed by atoms with Crippen molar-refractivity contribution >= 4 is 0 Å². The van der Waals surface area contributed by atoms with E-state index in [1.54, 1.807) is 6.92 Å². The summed E-state index contributed by atoms with van der Waals surface area (Å²) in [7, 11) is 0. The molecule has 1 aromatic rings. The second kappa shape index (κ2) is 4.40. The molecule has 0 aliphatic rings. The highest BCUT2D eigenvalue weighted by Crippen LogP contribution is 2.19. The fourth-order valence-electron chi connectivity index (χ4n) is 1.23. The molecule has 1 rings (SSSR count). The number of benzene rings is 1. The molecule has 0 unspecified atom stereocenters. The number of aliphatic hydroxyl groups is 2. The fraction of sp³-hybridized carbons (Fsp3) is 0.455. The van der Waals surface area contributed by atoms with Crippen molar-refractivity contribution in [2.24, 2.45) is 0 Å². The van der Waals surface area contributed by atoms with E-state index in [0.29, 0.717) is 6.42 Å². The van der Waals surface area contributed by atoms with Crippen molar-refractivity contribution in [2.75, 3.05) is 0 Å². The van der Waals surface area contributed by atoms with Crippen LogP contribution < -0.4 is 0 Å². The zero-order valence-electron chi connectivity index (χ0n) is 8.07. The molecule has 2 atom stereocenters. The molecule has 1 aromatic carbocycles. The summed E-state index contributed by atoms with van der Waals surface area (Å²) in [5.74, 6) is 0. The zero-order chi connectivity index (χ0) is 9.84. The Hall–Kier alpha value is -0.860. The van der Waals surface area contributed by atoms with Crippen molar-refractivity contribution in [3.05, 3.63) is 35.4 Å². The highest BCUT2D eigenvalue weighted by atomic mass is 16.3. The first kappa shape index (κ1) is 10.2. The Balaban J connectivity index is 2.81. The largest absolute Gasteiger partial charge is 0.389 e. The molecule has 0 spiro atoms. The van der Waals surface area contributed by atoms with E-state index in [9.17, 15) is 10.2 Å². The minimum Gasteiger partial charge on any atom is -0.389 e. The van der Waals surface area contributed by atoms with Crippen LogP contribution in [0, 0.1) is 0 Å². The molecule has 13 heavy (non-hydrogen) atoms. The lowest BCUT2D eigenvalue weighted by atomic mass is 10.0. The van der Waals surface area contributed by atoms with Gasteiger partial charge in [-0.1, -0.05) is 31.2 Å². The van der Waals surface area contributed by atoms with Crippen LogP contribution in [0.5, 0.6) is 0 Å². The normalized spacial score (nSPS) is 15.4. The van der Waals surface area contributed by atoms with E-state index in [2.05, 4.69) is 0 Å². The van der Waals surface area contributed by atoms with Crippen LogP contribution in [-0.4, -0.2) is 10.2 Å². The van der Waals surface area contributed by atoms with Crippen LogP contribution >= 0.6 is 0 Å². The summed E-state index contributed by atoms with van der Waals surface area (Å²) in [4.78, 5) is 0. The van der Waals surface area contributed by atoms with E-state index < -0.39 is 6.10 Å². The fourth-order valence-corrected chi connectivity index (χ4v) is 1.23. The highest BCUT2D eigenvalue weighted by Gasteiger charge is 2.05. The standard InChI is InChI=1S/C11H16O2/c1-3-11(13)10-6-4-9(5-7-10)8(2)12/h4-8,11-13H,3H2,1-2H3/t8-,11+/m0/s1. The van der Waals surface area contributed by atoms with Gasteiger partial charge in [0.1, 0.15) is 0 Å². The minimum atomic E-state index is -0.437. The molecule has 2 N–H and O–H groups in total. The minimum absolute atomic E-state index is 0.386. The van der Waals surface area contributed by atoms with E-state index in [4.69, 9.17) is 0 Å². The second-order valence-electron chi connectivity index (χ2n) is 3.27. The van der Waals surface area contributed by atoms with Crippen molar-refractivity contribution in [3.63, 3.8) is 0 Å². The topological polar surface area (TPSA) is 40.5 Å². The van der Waals surface area contributed by atoms with Crippen molar-refractivity contribution < 1.29 is 10.2 Å². The third kappa shape index (κ3) is 2.54. The molecule has 2 heteroatoms. The van der Waals surface area contributed by atoms with Gasteiger partial charge in [0.15, 0.2) is 0 Å². The molecule has 72 valence electrons. The second-order valence-corrected chi connectivity index (χ2v) is 3.27. The molecule has 0 bridgehead atoms. The van der Waals surface area contributed by atoms with Gasteiger partial charge in [0.05, 0.1) is 12.2 Å². The van der Waals surface area contributed by atoms with Gasteiger partial charge in [-0.3, -0.25) is 0 Å². The molecule has 0 aliphatic heterocycles. The lowest BCUT2D eigenvalue weighted by Crippen LogP contribution is -1.96. The van der Waals surface area contributed by atoms with Gasteiger partial charge in [-0.15, -0.1) is 0 Å². The average molecular weight is 180 g/mol. The maximum Gasteiger partial charge on any atom is 0.0787 e. The molecule has 0 fully saturated rings. The maximum atomic E-state index is 9.50. The molecule has 0 aliphatic carbocycles. The quantitative estimate of drug-likeness (QED) is 0.748. The van der Waals surface area contributed by atoms with Gasteiger partial charge >= 0.3 is 0 Å². The van der Waals surface area contributed by atoms with Crippen LogP contribution in [0.25, 0.3) is 0 Å². The summed E-state index contributed by atoms with van der Waals surface area (Å²) in [6.07, 6.45) is -0.107. The Bertz CT molecular complexity index is 251. The Kier molecular flexibility index (Phi) is 3.46. The van der Waals surface area contributed by atoms with Crippen molar-refractivity contribution in [1.29, 1.82) is 0 Å². The smallest absolute Gasteiger partial charge is 0.0787 e. The SMILES string of the molecule is CC[C@@H](O)c1ccc([C@H](C)O)cc1. The van der Waals surface area contributed by atoms with Gasteiger partial charge in [-0.2, -0.15) is 0 Å². The Morgan fingerprint density at radius 1 is 1.08 bits per heavy atom. The maximum absolute atomic E-state index is 9.50. The van der Waals surface area contributed by atoms with Crippen molar-refractivity contribution in [3.8, 4) is 0 Å². The molecule has 0 saturated carbocycles. The summed E-state index contributed by atoms with van der Waals surface area (Å²) in [6, 6.07) is 7.41. The molecule has 2 nitrogen and oxygen atoms in total. The van der Waals surface area contributed by atoms with E-state index >= 15 is 0 Å². The first-order valence-electron chi connectivity index (χ1n) is 4.61.